The summed E-state index contributed by atoms with van der Waals surface area (Å²) in [6, 6.07) is 12.7. The van der Waals surface area contributed by atoms with Crippen molar-refractivity contribution in [3.8, 4) is 5.75 Å². The maximum absolute atomic E-state index is 13.2. The predicted octanol–water partition coefficient (Wildman–Crippen LogP) is 2.56. The van der Waals surface area contributed by atoms with Crippen molar-refractivity contribution in [3.63, 3.8) is 0 Å². The third-order valence-electron chi connectivity index (χ3n) is 2.39. The van der Waals surface area contributed by atoms with Gasteiger partial charge in [-0.2, -0.15) is 0 Å². The van der Waals surface area contributed by atoms with E-state index in [1.165, 1.54) is 18.2 Å². The fourth-order valence-corrected chi connectivity index (χ4v) is 1.49. The van der Waals surface area contributed by atoms with Crippen LogP contribution in [0.5, 0.6) is 5.75 Å². The molecule has 0 aliphatic heterocycles. The molecule has 2 rings (SSSR count). The summed E-state index contributed by atoms with van der Waals surface area (Å²) in [5.41, 5.74) is 6.93. The number of para-hydroxylation sites is 1. The number of anilines is 1. The Kier molecular flexibility index (Phi) is 3.57. The van der Waals surface area contributed by atoms with Crippen LogP contribution in [0.3, 0.4) is 0 Å². The monoisotopic (exact) mass is 245 g/mol. The molecule has 0 aromatic heterocycles. The lowest BCUT2D eigenvalue weighted by Gasteiger charge is -2.05. The Morgan fingerprint density at radius 2 is 1.78 bits per heavy atom. The largest absolute Gasteiger partial charge is 0.423 e. The molecule has 18 heavy (non-hydrogen) atoms. The van der Waals surface area contributed by atoms with Crippen molar-refractivity contribution < 1.29 is 13.9 Å². The number of hydrogen-bond donors (Lipinski definition) is 1. The second-order valence-electron chi connectivity index (χ2n) is 3.82. The summed E-state index contributed by atoms with van der Waals surface area (Å²) < 4.78 is 18.2. The number of ether oxygens (including phenoxy) is 1. The van der Waals surface area contributed by atoms with Crippen LogP contribution in [0.25, 0.3) is 0 Å². The summed E-state index contributed by atoms with van der Waals surface area (Å²) in [7, 11) is 0. The van der Waals surface area contributed by atoms with Crippen LogP contribution in [-0.4, -0.2) is 5.97 Å². The topological polar surface area (TPSA) is 52.3 Å². The molecule has 4 heteroatoms. The van der Waals surface area contributed by atoms with Crippen molar-refractivity contribution in [2.45, 2.75) is 6.42 Å². The molecule has 0 aliphatic carbocycles. The number of rotatable bonds is 3. The minimum absolute atomic E-state index is 0.0575. The molecule has 0 atom stereocenters. The molecule has 0 aliphatic rings. The van der Waals surface area contributed by atoms with Gasteiger partial charge in [-0.3, -0.25) is 4.79 Å². The fraction of sp³-hybridized carbons (Fsp3) is 0.0714. The standard InChI is InChI=1S/C14H12FNO2/c15-12-3-1-2-4-13(12)18-14(17)9-10-5-7-11(16)8-6-10/h1-8H,9,16H2. The van der Waals surface area contributed by atoms with Crippen molar-refractivity contribution >= 4 is 11.7 Å². The second-order valence-corrected chi connectivity index (χ2v) is 3.82. The van der Waals surface area contributed by atoms with Gasteiger partial charge in [-0.15, -0.1) is 0 Å². The lowest BCUT2D eigenvalue weighted by molar-refractivity contribution is -0.133. The van der Waals surface area contributed by atoms with Gasteiger partial charge >= 0.3 is 5.97 Å². The van der Waals surface area contributed by atoms with E-state index >= 15 is 0 Å². The van der Waals surface area contributed by atoms with Crippen molar-refractivity contribution in [1.82, 2.24) is 0 Å². The molecule has 0 spiro atoms. The van der Waals surface area contributed by atoms with Crippen molar-refractivity contribution in [1.29, 1.82) is 0 Å². The van der Waals surface area contributed by atoms with Gasteiger partial charge in [0.25, 0.3) is 0 Å². The van der Waals surface area contributed by atoms with Crippen LogP contribution in [0.15, 0.2) is 48.5 Å². The minimum atomic E-state index is -0.553. The lowest BCUT2D eigenvalue weighted by atomic mass is 10.1. The van der Waals surface area contributed by atoms with E-state index in [2.05, 4.69) is 0 Å². The minimum Gasteiger partial charge on any atom is -0.423 e. The molecule has 0 heterocycles. The van der Waals surface area contributed by atoms with Crippen LogP contribution in [0.1, 0.15) is 5.56 Å². The van der Waals surface area contributed by atoms with E-state index in [4.69, 9.17) is 10.5 Å². The number of benzene rings is 2. The fourth-order valence-electron chi connectivity index (χ4n) is 1.49. The second kappa shape index (κ2) is 5.31. The predicted molar refractivity (Wildman–Crippen MR) is 66.6 cm³/mol. The zero-order valence-corrected chi connectivity index (χ0v) is 9.60. The van der Waals surface area contributed by atoms with Gasteiger partial charge in [0.05, 0.1) is 6.42 Å². The normalized spacial score (nSPS) is 10.1. The van der Waals surface area contributed by atoms with Gasteiger partial charge in [-0.05, 0) is 29.8 Å². The van der Waals surface area contributed by atoms with E-state index in [0.717, 1.165) is 5.56 Å². The molecular weight excluding hydrogens is 233 g/mol. The van der Waals surface area contributed by atoms with Crippen LogP contribution < -0.4 is 10.5 Å². The van der Waals surface area contributed by atoms with Crippen LogP contribution in [-0.2, 0) is 11.2 Å². The Morgan fingerprint density at radius 3 is 2.44 bits per heavy atom. The van der Waals surface area contributed by atoms with Crippen LogP contribution >= 0.6 is 0 Å². The molecule has 0 fully saturated rings. The highest BCUT2D eigenvalue weighted by atomic mass is 19.1. The molecule has 0 saturated heterocycles. The van der Waals surface area contributed by atoms with Crippen LogP contribution in [0, 0.1) is 5.82 Å². The average molecular weight is 245 g/mol. The van der Waals surface area contributed by atoms with E-state index in [1.54, 1.807) is 30.3 Å². The van der Waals surface area contributed by atoms with Gasteiger partial charge in [0.1, 0.15) is 0 Å². The highest BCUT2D eigenvalue weighted by molar-refractivity contribution is 5.75. The Bertz CT molecular complexity index is 552. The molecule has 0 unspecified atom stereocenters. The zero-order valence-electron chi connectivity index (χ0n) is 9.60. The smallest absolute Gasteiger partial charge is 0.315 e. The Labute approximate surface area is 104 Å². The third-order valence-corrected chi connectivity index (χ3v) is 2.39. The Balaban J connectivity index is 2.01. The maximum Gasteiger partial charge on any atom is 0.315 e. The maximum atomic E-state index is 13.2. The van der Waals surface area contributed by atoms with Crippen molar-refractivity contribution in [2.75, 3.05) is 5.73 Å². The van der Waals surface area contributed by atoms with Crippen molar-refractivity contribution in [3.05, 3.63) is 59.9 Å². The summed E-state index contributed by atoms with van der Waals surface area (Å²) >= 11 is 0. The van der Waals surface area contributed by atoms with Gasteiger partial charge in [-0.1, -0.05) is 24.3 Å². The summed E-state index contributed by atoms with van der Waals surface area (Å²) in [6.07, 6.45) is 0.0780. The van der Waals surface area contributed by atoms with Gasteiger partial charge in [-0.25, -0.2) is 4.39 Å². The van der Waals surface area contributed by atoms with Crippen LogP contribution in [0.4, 0.5) is 10.1 Å². The Hall–Kier alpha value is -2.36. The van der Waals surface area contributed by atoms with E-state index in [0.29, 0.717) is 5.69 Å². The SMILES string of the molecule is Nc1ccc(CC(=O)Oc2ccccc2F)cc1. The van der Waals surface area contributed by atoms with E-state index in [-0.39, 0.29) is 12.2 Å². The first kappa shape index (κ1) is 12.1. The van der Waals surface area contributed by atoms with Gasteiger partial charge < -0.3 is 10.5 Å². The summed E-state index contributed by atoms with van der Waals surface area (Å²) in [4.78, 5) is 11.6. The molecule has 3 nitrogen and oxygen atoms in total. The number of hydrogen-bond acceptors (Lipinski definition) is 3. The van der Waals surface area contributed by atoms with E-state index < -0.39 is 11.8 Å². The first-order valence-corrected chi connectivity index (χ1v) is 5.45. The van der Waals surface area contributed by atoms with Crippen molar-refractivity contribution in [2.24, 2.45) is 0 Å². The van der Waals surface area contributed by atoms with E-state index in [1.807, 2.05) is 0 Å². The van der Waals surface area contributed by atoms with Gasteiger partial charge in [0, 0.05) is 5.69 Å². The quantitative estimate of drug-likeness (QED) is 0.513. The first-order valence-electron chi connectivity index (χ1n) is 5.45. The molecule has 2 aromatic rings. The number of nitrogens with two attached hydrogens (primary N) is 1. The summed E-state index contributed by atoms with van der Waals surface area (Å²) in [5.74, 6) is -1.12. The van der Waals surface area contributed by atoms with Gasteiger partial charge in [0.2, 0.25) is 0 Å². The molecule has 0 amide bonds. The molecule has 0 radical (unpaired) electrons. The highest BCUT2D eigenvalue weighted by Crippen LogP contribution is 2.16. The lowest BCUT2D eigenvalue weighted by Crippen LogP contribution is -2.12. The summed E-state index contributed by atoms with van der Waals surface area (Å²) in [5, 5.41) is 0. The average Bonchev–Trinajstić information content (AvgIpc) is 2.35. The number of carbonyl (C=O) groups excluding carboxylic acids is 1. The number of halogens is 1. The first-order chi connectivity index (χ1) is 8.65. The molecule has 0 bridgehead atoms. The third kappa shape index (κ3) is 3.07. The van der Waals surface area contributed by atoms with Gasteiger partial charge in [0.15, 0.2) is 11.6 Å². The Morgan fingerprint density at radius 1 is 1.11 bits per heavy atom. The number of esters is 1. The summed E-state index contributed by atoms with van der Waals surface area (Å²) in [6.45, 7) is 0. The molecule has 2 aromatic carbocycles. The zero-order chi connectivity index (χ0) is 13.0. The highest BCUT2D eigenvalue weighted by Gasteiger charge is 2.09. The number of nitrogen functional groups attached to an aromatic ring is 1. The molecule has 92 valence electrons. The molecule has 2 N–H and O–H groups in total. The molecular formula is C14H12FNO2. The van der Waals surface area contributed by atoms with Crippen LogP contribution in [0.2, 0.25) is 0 Å². The number of carbonyl (C=O) groups is 1. The van der Waals surface area contributed by atoms with E-state index in [9.17, 15) is 9.18 Å². The molecule has 0 saturated carbocycles.